The lowest BCUT2D eigenvalue weighted by atomic mass is 10.2. The van der Waals surface area contributed by atoms with Crippen LogP contribution >= 0.6 is 15.9 Å². The number of nitrogens with one attached hydrogen (secondary N) is 1. The number of hydrogen-bond acceptors (Lipinski definition) is 5. The maximum Gasteiger partial charge on any atom is 0.161 e. The molecule has 3 aromatic rings. The molecule has 6 nitrogen and oxygen atoms in total. The van der Waals surface area contributed by atoms with E-state index in [1.807, 2.05) is 28.9 Å². The summed E-state index contributed by atoms with van der Waals surface area (Å²) in [6.45, 7) is 1.83. The molecule has 4 rings (SSSR count). The zero-order valence-electron chi connectivity index (χ0n) is 13.8. The minimum Gasteiger partial charge on any atom is -0.394 e. The lowest BCUT2D eigenvalue weighted by molar-refractivity contribution is 0.266. The quantitative estimate of drug-likeness (QED) is 0.687. The SMILES string of the molecule is OC[C@H]1CCCN1c1cc(NCc2cccnc2)c2ncc(Br)n2c1. The Hall–Kier alpha value is -2.12. The Morgan fingerprint density at radius 1 is 1.36 bits per heavy atom. The smallest absolute Gasteiger partial charge is 0.161 e. The second-order valence-corrected chi connectivity index (χ2v) is 7.09. The maximum absolute atomic E-state index is 9.65. The Balaban J connectivity index is 1.69. The molecule has 0 unspecified atom stereocenters. The van der Waals surface area contributed by atoms with E-state index >= 15 is 0 Å². The molecule has 1 fully saturated rings. The molecule has 0 amide bonds. The van der Waals surface area contributed by atoms with Gasteiger partial charge in [0.25, 0.3) is 0 Å². The third-order valence-electron chi connectivity index (χ3n) is 4.67. The molecular weight excluding hydrogens is 382 g/mol. The van der Waals surface area contributed by atoms with Gasteiger partial charge in [0.05, 0.1) is 30.2 Å². The van der Waals surface area contributed by atoms with Gasteiger partial charge in [-0.3, -0.25) is 9.38 Å². The Morgan fingerprint density at radius 3 is 3.08 bits per heavy atom. The second-order valence-electron chi connectivity index (χ2n) is 6.27. The highest BCUT2D eigenvalue weighted by molar-refractivity contribution is 9.10. The normalized spacial score (nSPS) is 17.4. The molecule has 0 aliphatic carbocycles. The van der Waals surface area contributed by atoms with Gasteiger partial charge in [0.2, 0.25) is 0 Å². The van der Waals surface area contributed by atoms with Crippen molar-refractivity contribution in [2.75, 3.05) is 23.4 Å². The van der Waals surface area contributed by atoms with Crippen LogP contribution in [0, 0.1) is 0 Å². The van der Waals surface area contributed by atoms with Crippen LogP contribution in [0.5, 0.6) is 0 Å². The number of rotatable bonds is 5. The van der Waals surface area contributed by atoms with Crippen LogP contribution in [0.4, 0.5) is 11.4 Å². The van der Waals surface area contributed by atoms with Gasteiger partial charge in [-0.1, -0.05) is 6.07 Å². The number of imidazole rings is 1. The molecule has 7 heteroatoms. The van der Waals surface area contributed by atoms with E-state index in [4.69, 9.17) is 0 Å². The van der Waals surface area contributed by atoms with Crippen LogP contribution in [0.25, 0.3) is 5.65 Å². The molecule has 1 aliphatic rings. The molecule has 0 saturated carbocycles. The number of aliphatic hydroxyl groups excluding tert-OH is 1. The topological polar surface area (TPSA) is 65.7 Å². The summed E-state index contributed by atoms with van der Waals surface area (Å²) in [5.74, 6) is 0. The predicted octanol–water partition coefficient (Wildman–Crippen LogP) is 3.07. The second kappa shape index (κ2) is 7.01. The molecule has 1 atom stereocenters. The van der Waals surface area contributed by atoms with Crippen molar-refractivity contribution in [2.45, 2.75) is 25.4 Å². The molecule has 0 spiro atoms. The van der Waals surface area contributed by atoms with Crippen LogP contribution < -0.4 is 10.2 Å². The summed E-state index contributed by atoms with van der Waals surface area (Å²) in [5.41, 5.74) is 4.05. The number of hydrogen-bond donors (Lipinski definition) is 2. The highest BCUT2D eigenvalue weighted by Crippen LogP contribution is 2.31. The summed E-state index contributed by atoms with van der Waals surface area (Å²) in [6, 6.07) is 6.29. The highest BCUT2D eigenvalue weighted by Gasteiger charge is 2.25. The minimum atomic E-state index is 0.182. The van der Waals surface area contributed by atoms with Crippen molar-refractivity contribution in [1.82, 2.24) is 14.4 Å². The summed E-state index contributed by atoms with van der Waals surface area (Å²) in [5, 5.41) is 13.1. The lowest BCUT2D eigenvalue weighted by Gasteiger charge is -2.26. The molecule has 0 radical (unpaired) electrons. The van der Waals surface area contributed by atoms with E-state index in [-0.39, 0.29) is 12.6 Å². The van der Waals surface area contributed by atoms with Crippen LogP contribution in [0.1, 0.15) is 18.4 Å². The lowest BCUT2D eigenvalue weighted by Crippen LogP contribution is -2.32. The summed E-state index contributed by atoms with van der Waals surface area (Å²) in [7, 11) is 0. The van der Waals surface area contributed by atoms with E-state index in [9.17, 15) is 5.11 Å². The van der Waals surface area contributed by atoms with Gasteiger partial charge >= 0.3 is 0 Å². The van der Waals surface area contributed by atoms with E-state index in [1.165, 1.54) is 0 Å². The average Bonchev–Trinajstić information content (AvgIpc) is 3.27. The Labute approximate surface area is 154 Å². The fourth-order valence-electron chi connectivity index (χ4n) is 3.40. The van der Waals surface area contributed by atoms with Crippen molar-refractivity contribution in [3.8, 4) is 0 Å². The fraction of sp³-hybridized carbons (Fsp3) is 0.333. The number of fused-ring (bicyclic) bond motifs is 1. The van der Waals surface area contributed by atoms with Crippen molar-refractivity contribution >= 4 is 33.0 Å². The molecule has 4 heterocycles. The first-order valence-electron chi connectivity index (χ1n) is 8.43. The Bertz CT molecular complexity index is 867. The van der Waals surface area contributed by atoms with Gasteiger partial charge in [0.1, 0.15) is 4.60 Å². The molecule has 1 saturated heterocycles. The van der Waals surface area contributed by atoms with Gasteiger partial charge in [-0.15, -0.1) is 0 Å². The first-order chi connectivity index (χ1) is 12.3. The van der Waals surface area contributed by atoms with Gasteiger partial charge < -0.3 is 15.3 Å². The van der Waals surface area contributed by atoms with E-state index in [1.54, 1.807) is 6.20 Å². The predicted molar refractivity (Wildman–Crippen MR) is 102 cm³/mol. The van der Waals surface area contributed by atoms with Crippen molar-refractivity contribution < 1.29 is 5.11 Å². The first kappa shape index (κ1) is 16.4. The third-order valence-corrected chi connectivity index (χ3v) is 5.26. The zero-order chi connectivity index (χ0) is 17.2. The fourth-order valence-corrected chi connectivity index (χ4v) is 3.77. The first-order valence-corrected chi connectivity index (χ1v) is 9.22. The number of halogens is 1. The van der Waals surface area contributed by atoms with E-state index in [2.05, 4.69) is 48.4 Å². The largest absolute Gasteiger partial charge is 0.394 e. The monoisotopic (exact) mass is 401 g/mol. The molecule has 1 aliphatic heterocycles. The maximum atomic E-state index is 9.65. The van der Waals surface area contributed by atoms with Gasteiger partial charge in [-0.05, 0) is 46.5 Å². The number of aliphatic hydroxyl groups is 1. The summed E-state index contributed by atoms with van der Waals surface area (Å²) >= 11 is 3.57. The number of aromatic nitrogens is 3. The van der Waals surface area contributed by atoms with Crippen molar-refractivity contribution in [1.29, 1.82) is 0 Å². The van der Waals surface area contributed by atoms with E-state index in [0.29, 0.717) is 6.54 Å². The van der Waals surface area contributed by atoms with E-state index in [0.717, 1.165) is 46.6 Å². The molecule has 0 aromatic carbocycles. The van der Waals surface area contributed by atoms with Gasteiger partial charge in [0, 0.05) is 31.7 Å². The molecular formula is C18H20BrN5O. The summed E-state index contributed by atoms with van der Waals surface area (Å²) in [4.78, 5) is 10.9. The Kier molecular flexibility index (Phi) is 4.59. The zero-order valence-corrected chi connectivity index (χ0v) is 15.4. The van der Waals surface area contributed by atoms with Crippen LogP contribution in [0.15, 0.2) is 47.6 Å². The number of anilines is 2. The molecule has 25 heavy (non-hydrogen) atoms. The highest BCUT2D eigenvalue weighted by atomic mass is 79.9. The summed E-state index contributed by atoms with van der Waals surface area (Å²) < 4.78 is 2.95. The third kappa shape index (κ3) is 3.21. The molecule has 0 bridgehead atoms. The van der Waals surface area contributed by atoms with Crippen molar-refractivity contribution in [3.63, 3.8) is 0 Å². The summed E-state index contributed by atoms with van der Waals surface area (Å²) in [6.07, 6.45) is 9.65. The molecule has 3 aromatic heterocycles. The van der Waals surface area contributed by atoms with Gasteiger partial charge in [-0.25, -0.2) is 4.98 Å². The van der Waals surface area contributed by atoms with E-state index < -0.39 is 0 Å². The number of pyridine rings is 2. The number of nitrogens with zero attached hydrogens (tertiary/aromatic N) is 4. The minimum absolute atomic E-state index is 0.182. The van der Waals surface area contributed by atoms with Crippen LogP contribution in [-0.4, -0.2) is 38.7 Å². The van der Waals surface area contributed by atoms with Gasteiger partial charge in [0.15, 0.2) is 5.65 Å². The standard InChI is InChI=1S/C18H20BrN5O/c19-17-10-22-18-16(21-9-13-3-1-5-20-8-13)7-15(11-24(17)18)23-6-2-4-14(23)12-25/h1,3,5,7-8,10-11,14,21,25H,2,4,6,9,12H2/t14-/m1/s1. The van der Waals surface area contributed by atoms with Crippen LogP contribution in [0.3, 0.4) is 0 Å². The van der Waals surface area contributed by atoms with Crippen LogP contribution in [-0.2, 0) is 6.54 Å². The van der Waals surface area contributed by atoms with Gasteiger partial charge in [-0.2, -0.15) is 0 Å². The Morgan fingerprint density at radius 2 is 2.28 bits per heavy atom. The van der Waals surface area contributed by atoms with Crippen molar-refractivity contribution in [3.05, 3.63) is 53.2 Å². The van der Waals surface area contributed by atoms with Crippen molar-refractivity contribution in [2.24, 2.45) is 0 Å². The average molecular weight is 402 g/mol. The molecule has 2 N–H and O–H groups in total. The molecule has 130 valence electrons. The van der Waals surface area contributed by atoms with Crippen LogP contribution in [0.2, 0.25) is 0 Å².